The van der Waals surface area contributed by atoms with E-state index in [1.54, 1.807) is 7.11 Å². The molecule has 1 N–H and O–H groups in total. The van der Waals surface area contributed by atoms with Gasteiger partial charge in [0.2, 0.25) is 0 Å². The van der Waals surface area contributed by atoms with Crippen molar-refractivity contribution in [1.29, 1.82) is 0 Å². The Kier molecular flexibility index (Phi) is 6.16. The first-order chi connectivity index (χ1) is 8.04. The number of methoxy groups -OCH3 is 1. The average molecular weight is 259 g/mol. The molecule has 4 nitrogen and oxygen atoms in total. The fraction of sp³-hybridized carbons (Fsp3) is 0.917. The standard InChI is InChI=1S/C12H25N3OS/c1-10(9-16-4)13-12(17)15(3)11-6-5-7-14(2)8-11/h10-11H,5-9H2,1-4H3,(H,13,17). The summed E-state index contributed by atoms with van der Waals surface area (Å²) in [6.07, 6.45) is 2.48. The first kappa shape index (κ1) is 14.7. The van der Waals surface area contributed by atoms with Crippen LogP contribution in [0.25, 0.3) is 0 Å². The normalized spacial score (nSPS) is 23.2. The van der Waals surface area contributed by atoms with Crippen LogP contribution in [0, 0.1) is 0 Å². The van der Waals surface area contributed by atoms with Crippen molar-refractivity contribution in [3.05, 3.63) is 0 Å². The number of piperidine rings is 1. The van der Waals surface area contributed by atoms with E-state index in [-0.39, 0.29) is 6.04 Å². The van der Waals surface area contributed by atoms with Crippen molar-refractivity contribution in [3.63, 3.8) is 0 Å². The lowest BCUT2D eigenvalue weighted by atomic mass is 10.1. The summed E-state index contributed by atoms with van der Waals surface area (Å²) in [7, 11) is 5.96. The molecule has 0 aromatic rings. The van der Waals surface area contributed by atoms with Crippen LogP contribution in [0.3, 0.4) is 0 Å². The van der Waals surface area contributed by atoms with E-state index in [0.717, 1.165) is 11.7 Å². The number of nitrogens with one attached hydrogen (secondary N) is 1. The zero-order valence-electron chi connectivity index (χ0n) is 11.4. The SMILES string of the molecule is COCC(C)NC(=S)N(C)C1CCCN(C)C1. The van der Waals surface area contributed by atoms with E-state index in [2.05, 4.69) is 36.1 Å². The molecule has 2 atom stereocenters. The molecular formula is C12H25N3OS. The number of nitrogens with zero attached hydrogens (tertiary/aromatic N) is 2. The summed E-state index contributed by atoms with van der Waals surface area (Å²) >= 11 is 5.43. The number of hydrogen-bond acceptors (Lipinski definition) is 3. The maximum absolute atomic E-state index is 5.43. The van der Waals surface area contributed by atoms with E-state index in [9.17, 15) is 0 Å². The van der Waals surface area contributed by atoms with E-state index < -0.39 is 0 Å². The number of rotatable bonds is 4. The summed E-state index contributed by atoms with van der Waals surface area (Å²) in [6, 6.07) is 0.791. The molecule has 0 saturated carbocycles. The number of likely N-dealkylation sites (N-methyl/N-ethyl adjacent to an activating group) is 2. The Morgan fingerprint density at radius 1 is 1.65 bits per heavy atom. The zero-order chi connectivity index (χ0) is 12.8. The van der Waals surface area contributed by atoms with Crippen LogP contribution in [0.2, 0.25) is 0 Å². The van der Waals surface area contributed by atoms with Crippen molar-refractivity contribution in [2.24, 2.45) is 0 Å². The average Bonchev–Trinajstić information content (AvgIpc) is 2.28. The summed E-state index contributed by atoms with van der Waals surface area (Å²) in [5, 5.41) is 4.14. The highest BCUT2D eigenvalue weighted by Crippen LogP contribution is 2.13. The van der Waals surface area contributed by atoms with Crippen molar-refractivity contribution < 1.29 is 4.74 Å². The summed E-state index contributed by atoms with van der Waals surface area (Å²) in [5.41, 5.74) is 0. The van der Waals surface area contributed by atoms with Gasteiger partial charge in [-0.05, 0) is 45.6 Å². The highest BCUT2D eigenvalue weighted by molar-refractivity contribution is 7.80. The molecule has 1 aliphatic heterocycles. The lowest BCUT2D eigenvalue weighted by Gasteiger charge is -2.37. The summed E-state index contributed by atoms with van der Waals surface area (Å²) in [4.78, 5) is 4.56. The Morgan fingerprint density at radius 3 is 2.94 bits per heavy atom. The minimum Gasteiger partial charge on any atom is -0.383 e. The first-order valence-corrected chi connectivity index (χ1v) is 6.66. The van der Waals surface area contributed by atoms with Crippen LogP contribution < -0.4 is 5.32 Å². The van der Waals surface area contributed by atoms with Gasteiger partial charge in [-0.3, -0.25) is 0 Å². The van der Waals surface area contributed by atoms with Crippen LogP contribution in [-0.4, -0.2) is 67.9 Å². The molecule has 0 radical (unpaired) electrons. The molecule has 1 heterocycles. The lowest BCUT2D eigenvalue weighted by molar-refractivity contribution is 0.168. The molecule has 0 spiro atoms. The molecule has 5 heteroatoms. The molecule has 0 aliphatic carbocycles. The fourth-order valence-electron chi connectivity index (χ4n) is 2.23. The fourth-order valence-corrected chi connectivity index (χ4v) is 2.58. The number of ether oxygens (including phenoxy) is 1. The third-order valence-electron chi connectivity index (χ3n) is 3.25. The van der Waals surface area contributed by atoms with Crippen LogP contribution >= 0.6 is 12.2 Å². The highest BCUT2D eigenvalue weighted by atomic mass is 32.1. The molecule has 1 fully saturated rings. The van der Waals surface area contributed by atoms with Gasteiger partial charge in [-0.2, -0.15) is 0 Å². The lowest BCUT2D eigenvalue weighted by Crippen LogP contribution is -2.52. The zero-order valence-corrected chi connectivity index (χ0v) is 12.2. The van der Waals surface area contributed by atoms with Crippen LogP contribution in [0.15, 0.2) is 0 Å². The van der Waals surface area contributed by atoms with Crippen LogP contribution in [0.1, 0.15) is 19.8 Å². The highest BCUT2D eigenvalue weighted by Gasteiger charge is 2.23. The van der Waals surface area contributed by atoms with E-state index in [1.165, 1.54) is 19.4 Å². The van der Waals surface area contributed by atoms with Crippen molar-refractivity contribution >= 4 is 17.3 Å². The third kappa shape index (κ3) is 4.77. The van der Waals surface area contributed by atoms with Gasteiger partial charge in [-0.1, -0.05) is 0 Å². The van der Waals surface area contributed by atoms with Crippen LogP contribution in [0.4, 0.5) is 0 Å². The smallest absolute Gasteiger partial charge is 0.169 e. The Balaban J connectivity index is 2.39. The molecule has 0 amide bonds. The quantitative estimate of drug-likeness (QED) is 0.758. The summed E-state index contributed by atoms with van der Waals surface area (Å²) < 4.78 is 5.10. The van der Waals surface area contributed by atoms with Gasteiger partial charge in [0.05, 0.1) is 6.61 Å². The molecule has 0 aromatic carbocycles. The summed E-state index contributed by atoms with van der Waals surface area (Å²) in [5.74, 6) is 0. The topological polar surface area (TPSA) is 27.7 Å². The van der Waals surface area contributed by atoms with Crippen molar-refractivity contribution in [3.8, 4) is 0 Å². The second kappa shape index (κ2) is 7.13. The van der Waals surface area contributed by atoms with Gasteiger partial charge < -0.3 is 19.9 Å². The maximum Gasteiger partial charge on any atom is 0.169 e. The maximum atomic E-state index is 5.43. The van der Waals surface area contributed by atoms with Gasteiger partial charge in [0.15, 0.2) is 5.11 Å². The Hall–Kier alpha value is -0.390. The van der Waals surface area contributed by atoms with Crippen molar-refractivity contribution in [1.82, 2.24) is 15.1 Å². The van der Waals surface area contributed by atoms with Gasteiger partial charge in [0.1, 0.15) is 0 Å². The first-order valence-electron chi connectivity index (χ1n) is 6.25. The number of hydrogen-bond donors (Lipinski definition) is 1. The van der Waals surface area contributed by atoms with E-state index >= 15 is 0 Å². The molecule has 17 heavy (non-hydrogen) atoms. The monoisotopic (exact) mass is 259 g/mol. The minimum absolute atomic E-state index is 0.260. The van der Waals surface area contributed by atoms with Crippen LogP contribution in [0.5, 0.6) is 0 Å². The molecule has 0 bridgehead atoms. The predicted octanol–water partition coefficient (Wildman–Crippen LogP) is 0.922. The van der Waals surface area contributed by atoms with E-state index in [1.807, 2.05) is 0 Å². The van der Waals surface area contributed by atoms with Gasteiger partial charge in [-0.15, -0.1) is 0 Å². The molecule has 1 aliphatic rings. The molecule has 2 unspecified atom stereocenters. The predicted molar refractivity (Wildman–Crippen MR) is 75.4 cm³/mol. The molecule has 1 rings (SSSR count). The van der Waals surface area contributed by atoms with Crippen molar-refractivity contribution in [2.75, 3.05) is 40.9 Å². The third-order valence-corrected chi connectivity index (χ3v) is 3.66. The number of thiocarbonyl (C=S) groups is 1. The van der Waals surface area contributed by atoms with Gasteiger partial charge >= 0.3 is 0 Å². The van der Waals surface area contributed by atoms with Gasteiger partial charge in [-0.25, -0.2) is 0 Å². The molecular weight excluding hydrogens is 234 g/mol. The summed E-state index contributed by atoms with van der Waals surface area (Å²) in [6.45, 7) is 5.05. The number of likely N-dealkylation sites (tertiary alicyclic amines) is 1. The molecule has 100 valence electrons. The second-order valence-corrected chi connectivity index (χ2v) is 5.36. The van der Waals surface area contributed by atoms with E-state index in [0.29, 0.717) is 12.6 Å². The molecule has 1 saturated heterocycles. The molecule has 0 aromatic heterocycles. The van der Waals surface area contributed by atoms with Crippen molar-refractivity contribution in [2.45, 2.75) is 31.8 Å². The van der Waals surface area contributed by atoms with Gasteiger partial charge in [0, 0.05) is 32.8 Å². The Bertz CT molecular complexity index is 250. The Labute approximate surface area is 110 Å². The largest absolute Gasteiger partial charge is 0.383 e. The Morgan fingerprint density at radius 2 is 2.35 bits per heavy atom. The van der Waals surface area contributed by atoms with E-state index in [4.69, 9.17) is 17.0 Å². The van der Waals surface area contributed by atoms with Crippen LogP contribution in [-0.2, 0) is 4.74 Å². The second-order valence-electron chi connectivity index (χ2n) is 4.98. The minimum atomic E-state index is 0.260. The van der Waals surface area contributed by atoms with Gasteiger partial charge in [0.25, 0.3) is 0 Å².